The second-order valence-electron chi connectivity index (χ2n) is 10.0. The molecule has 0 saturated carbocycles. The van der Waals surface area contributed by atoms with Gasteiger partial charge in [-0.15, -0.1) is 0 Å². The van der Waals surface area contributed by atoms with E-state index in [2.05, 4.69) is 5.32 Å². The number of Topliss-reactive ketones (excluding diaryl/α,β-unsaturated/α-hetero) is 1. The number of phenols is 2. The fraction of sp³-hybridized carbons (Fsp3) is 0.433. The Morgan fingerprint density at radius 3 is 2.67 bits per heavy atom. The number of ether oxygens (including phenoxy) is 3. The summed E-state index contributed by atoms with van der Waals surface area (Å²) in [4.78, 5) is 38.3. The predicted octanol–water partition coefficient (Wildman–Crippen LogP) is 3.94. The van der Waals surface area contributed by atoms with E-state index in [0.29, 0.717) is 55.6 Å². The Hall–Kier alpha value is -4.05. The summed E-state index contributed by atoms with van der Waals surface area (Å²) in [5.74, 6) is -1.75. The Labute approximate surface area is 232 Å². The molecule has 2 heterocycles. The number of amides is 1. The van der Waals surface area contributed by atoms with E-state index in [4.69, 9.17) is 19.3 Å². The summed E-state index contributed by atoms with van der Waals surface area (Å²) in [5, 5.41) is 34.5. The number of allylic oxidation sites excluding steroid dienone is 1. The minimum atomic E-state index is -0.883. The number of ketones is 1. The molecule has 0 bridgehead atoms. The van der Waals surface area contributed by atoms with Gasteiger partial charge < -0.3 is 34.8 Å². The van der Waals surface area contributed by atoms with Gasteiger partial charge in [-0.1, -0.05) is 18.2 Å². The Morgan fingerprint density at radius 1 is 1.10 bits per heavy atom. The molecule has 2 aliphatic heterocycles. The molecule has 2 aromatic rings. The van der Waals surface area contributed by atoms with E-state index in [1.54, 1.807) is 37.3 Å². The van der Waals surface area contributed by atoms with Crippen molar-refractivity contribution in [3.63, 3.8) is 0 Å². The first-order valence-corrected chi connectivity index (χ1v) is 13.5. The number of aliphatic hydroxyl groups excluding tert-OH is 1. The molecule has 0 fully saturated rings. The van der Waals surface area contributed by atoms with E-state index in [0.717, 1.165) is 0 Å². The number of aliphatic hydroxyl groups is 1. The molecule has 1 amide bonds. The van der Waals surface area contributed by atoms with E-state index >= 15 is 0 Å². The average Bonchev–Trinajstić information content (AvgIpc) is 3.38. The van der Waals surface area contributed by atoms with Gasteiger partial charge in [0.05, 0.1) is 12.7 Å². The van der Waals surface area contributed by atoms with Crippen LogP contribution in [0.15, 0.2) is 30.3 Å². The van der Waals surface area contributed by atoms with Crippen molar-refractivity contribution < 1.29 is 43.9 Å². The lowest BCUT2D eigenvalue weighted by atomic mass is 9.84. The molecule has 0 saturated heterocycles. The van der Waals surface area contributed by atoms with Crippen molar-refractivity contribution in [1.29, 1.82) is 0 Å². The molecule has 2 atom stereocenters. The number of carbonyl (C=O) groups is 3. The van der Waals surface area contributed by atoms with Crippen LogP contribution in [0.2, 0.25) is 0 Å². The number of benzene rings is 2. The Bertz CT molecular complexity index is 1290. The van der Waals surface area contributed by atoms with Crippen molar-refractivity contribution in [3.05, 3.63) is 52.6 Å². The van der Waals surface area contributed by atoms with Gasteiger partial charge in [-0.3, -0.25) is 9.59 Å². The molecule has 4 N–H and O–H groups in total. The van der Waals surface area contributed by atoms with E-state index in [1.807, 2.05) is 0 Å². The molecule has 4 rings (SSSR count). The van der Waals surface area contributed by atoms with Crippen LogP contribution >= 0.6 is 0 Å². The lowest BCUT2D eigenvalue weighted by Gasteiger charge is -2.23. The molecule has 10 heteroatoms. The smallest absolute Gasteiger partial charge is 0.342 e. The molecule has 10 nitrogen and oxygen atoms in total. The number of fused-ring (bicyclic) bond motifs is 2. The monoisotopic (exact) mass is 553 g/mol. The van der Waals surface area contributed by atoms with Gasteiger partial charge in [0, 0.05) is 37.3 Å². The second kappa shape index (κ2) is 13.3. The number of hydrogen-bond acceptors (Lipinski definition) is 9. The van der Waals surface area contributed by atoms with Gasteiger partial charge in [-0.25, -0.2) is 4.79 Å². The molecule has 0 spiro atoms. The van der Waals surface area contributed by atoms with Crippen molar-refractivity contribution in [3.8, 4) is 23.0 Å². The molecule has 0 aliphatic carbocycles. The lowest BCUT2D eigenvalue weighted by Crippen LogP contribution is -2.28. The number of nitrogens with one attached hydrogen (secondary N) is 1. The third-order valence-corrected chi connectivity index (χ3v) is 7.02. The first-order valence-electron chi connectivity index (χ1n) is 13.5. The van der Waals surface area contributed by atoms with Crippen LogP contribution in [0.5, 0.6) is 23.0 Å². The van der Waals surface area contributed by atoms with Crippen LogP contribution in [0.4, 0.5) is 0 Å². The fourth-order valence-electron chi connectivity index (χ4n) is 4.99. The molecule has 1 unspecified atom stereocenters. The van der Waals surface area contributed by atoms with Gasteiger partial charge in [0.25, 0.3) is 0 Å². The SMILES string of the molecule is C[C@H]1CCCC(=O)CCCC=Cc2cc(O)c(C(CC(=O)NCCO)c3ccc4c(c3)OCO4)c(O)c2C(=O)O1. The zero-order valence-electron chi connectivity index (χ0n) is 22.5. The van der Waals surface area contributed by atoms with Crippen LogP contribution in [0.25, 0.3) is 6.08 Å². The Kier molecular flexibility index (Phi) is 9.65. The zero-order chi connectivity index (χ0) is 28.6. The fourth-order valence-corrected chi connectivity index (χ4v) is 4.99. The van der Waals surface area contributed by atoms with Crippen molar-refractivity contribution in [2.24, 2.45) is 0 Å². The number of esters is 1. The Balaban J connectivity index is 1.80. The highest BCUT2D eigenvalue weighted by molar-refractivity contribution is 5.98. The van der Waals surface area contributed by atoms with Crippen molar-refractivity contribution in [1.82, 2.24) is 5.32 Å². The van der Waals surface area contributed by atoms with E-state index in [1.165, 1.54) is 6.07 Å². The van der Waals surface area contributed by atoms with Crippen LogP contribution in [0.1, 0.15) is 84.8 Å². The minimum absolute atomic E-state index is 0.0125. The molecule has 40 heavy (non-hydrogen) atoms. The lowest BCUT2D eigenvalue weighted by molar-refractivity contribution is -0.121. The number of carbonyl (C=O) groups excluding carboxylic acids is 3. The van der Waals surface area contributed by atoms with Gasteiger partial charge in [0.2, 0.25) is 12.7 Å². The zero-order valence-corrected chi connectivity index (χ0v) is 22.5. The van der Waals surface area contributed by atoms with Crippen LogP contribution in [-0.2, 0) is 14.3 Å². The summed E-state index contributed by atoms with van der Waals surface area (Å²) in [6.45, 7) is 1.55. The highest BCUT2D eigenvalue weighted by atomic mass is 16.7. The first kappa shape index (κ1) is 28.9. The number of phenolic OH excluding ortho intramolecular Hbond substituents is 2. The van der Waals surface area contributed by atoms with Gasteiger partial charge >= 0.3 is 5.97 Å². The van der Waals surface area contributed by atoms with Gasteiger partial charge in [-0.05, 0) is 61.9 Å². The van der Waals surface area contributed by atoms with Crippen LogP contribution < -0.4 is 14.8 Å². The molecular formula is C30H35NO9. The maximum atomic E-state index is 13.4. The van der Waals surface area contributed by atoms with Crippen LogP contribution in [-0.4, -0.2) is 59.0 Å². The van der Waals surface area contributed by atoms with Crippen LogP contribution in [0, 0.1) is 0 Å². The van der Waals surface area contributed by atoms with Crippen LogP contribution in [0.3, 0.4) is 0 Å². The standard InChI is InChI=1S/C30H35NO9/c1-18-6-5-9-21(33)8-4-2-3-7-20-14-23(34)28(29(36)27(20)30(37)40-18)22(16-26(35)31-12-13-32)19-10-11-24-25(15-19)39-17-38-24/h3,7,10-11,14-15,18,22,32,34,36H,2,4-6,8-9,12-13,16-17H2,1H3,(H,31,35)/t18-,22?/m0/s1. The topological polar surface area (TPSA) is 152 Å². The average molecular weight is 554 g/mol. The summed E-state index contributed by atoms with van der Waals surface area (Å²) < 4.78 is 16.5. The first-order chi connectivity index (χ1) is 19.3. The molecule has 0 radical (unpaired) electrons. The third kappa shape index (κ3) is 6.93. The number of rotatable bonds is 6. The minimum Gasteiger partial charge on any atom is -0.507 e. The quantitative estimate of drug-likeness (QED) is 0.390. The summed E-state index contributed by atoms with van der Waals surface area (Å²) in [6, 6.07) is 6.41. The van der Waals surface area contributed by atoms with Gasteiger partial charge in [-0.2, -0.15) is 0 Å². The van der Waals surface area contributed by atoms with Crippen molar-refractivity contribution in [2.45, 2.75) is 63.9 Å². The maximum Gasteiger partial charge on any atom is 0.342 e. The summed E-state index contributed by atoms with van der Waals surface area (Å²) >= 11 is 0. The summed E-state index contributed by atoms with van der Waals surface area (Å²) in [5.41, 5.74) is 0.664. The maximum absolute atomic E-state index is 13.4. The Morgan fingerprint density at radius 2 is 1.88 bits per heavy atom. The van der Waals surface area contributed by atoms with E-state index < -0.39 is 29.6 Å². The molecule has 2 aliphatic rings. The summed E-state index contributed by atoms with van der Waals surface area (Å²) in [6.07, 6.45) is 5.85. The highest BCUT2D eigenvalue weighted by Crippen LogP contribution is 2.46. The van der Waals surface area contributed by atoms with Crippen molar-refractivity contribution >= 4 is 23.7 Å². The predicted molar refractivity (Wildman–Crippen MR) is 146 cm³/mol. The second-order valence-corrected chi connectivity index (χ2v) is 10.0. The third-order valence-electron chi connectivity index (χ3n) is 7.02. The van der Waals surface area contributed by atoms with Gasteiger partial charge in [0.1, 0.15) is 22.8 Å². The number of aromatic hydroxyl groups is 2. The largest absolute Gasteiger partial charge is 0.507 e. The highest BCUT2D eigenvalue weighted by Gasteiger charge is 2.31. The number of hydrogen-bond donors (Lipinski definition) is 4. The normalized spacial score (nSPS) is 18.4. The molecular weight excluding hydrogens is 518 g/mol. The molecule has 0 aromatic heterocycles. The summed E-state index contributed by atoms with van der Waals surface area (Å²) in [7, 11) is 0. The number of cyclic esters (lactones) is 1. The van der Waals surface area contributed by atoms with E-state index in [9.17, 15) is 24.6 Å². The van der Waals surface area contributed by atoms with Crippen molar-refractivity contribution in [2.75, 3.05) is 19.9 Å². The molecule has 2 aromatic carbocycles. The molecule has 214 valence electrons. The van der Waals surface area contributed by atoms with E-state index in [-0.39, 0.29) is 54.6 Å². The van der Waals surface area contributed by atoms with Gasteiger partial charge in [0.15, 0.2) is 11.5 Å².